The highest BCUT2D eigenvalue weighted by atomic mass is 32.1. The van der Waals surface area contributed by atoms with Gasteiger partial charge in [-0.15, -0.1) is 21.5 Å². The maximum atomic E-state index is 5.62. The Morgan fingerprint density at radius 2 is 2.47 bits per heavy atom. The summed E-state index contributed by atoms with van der Waals surface area (Å²) in [6, 6.07) is 3.93. The standard InChI is InChI=1S/C8H10N6S/c1-6-11-13-8(14(6)9)12-10-5-7-3-2-4-15-7/h2-5H,9H2,1H3,(H,12,13)/b10-5-. The number of hydrazone groups is 1. The molecule has 2 aromatic heterocycles. The van der Waals surface area contributed by atoms with Crippen molar-refractivity contribution in [3.63, 3.8) is 0 Å². The predicted molar refractivity (Wildman–Crippen MR) is 60.4 cm³/mol. The molecule has 0 aliphatic rings. The number of nitrogens with zero attached hydrogens (tertiary/aromatic N) is 4. The smallest absolute Gasteiger partial charge is 0.263 e. The average molecular weight is 222 g/mol. The number of anilines is 1. The van der Waals surface area contributed by atoms with Crippen LogP contribution < -0.4 is 11.3 Å². The molecular weight excluding hydrogens is 212 g/mol. The van der Waals surface area contributed by atoms with Crippen LogP contribution in [0.3, 0.4) is 0 Å². The Bertz CT molecular complexity index is 457. The van der Waals surface area contributed by atoms with Gasteiger partial charge in [-0.25, -0.2) is 10.1 Å². The van der Waals surface area contributed by atoms with E-state index in [2.05, 4.69) is 20.7 Å². The Hall–Kier alpha value is -1.89. The second-order valence-electron chi connectivity index (χ2n) is 2.83. The molecule has 2 heterocycles. The molecule has 0 bridgehead atoms. The Kier molecular flexibility index (Phi) is 2.64. The number of aryl methyl sites for hydroxylation is 1. The van der Waals surface area contributed by atoms with Crippen molar-refractivity contribution in [3.05, 3.63) is 28.2 Å². The largest absolute Gasteiger partial charge is 0.335 e. The molecule has 0 saturated heterocycles. The summed E-state index contributed by atoms with van der Waals surface area (Å²) in [6.45, 7) is 1.77. The van der Waals surface area contributed by atoms with Gasteiger partial charge in [0.05, 0.1) is 6.21 Å². The summed E-state index contributed by atoms with van der Waals surface area (Å²) in [6.07, 6.45) is 1.70. The van der Waals surface area contributed by atoms with Crippen LogP contribution >= 0.6 is 11.3 Å². The Morgan fingerprint density at radius 1 is 1.60 bits per heavy atom. The fourth-order valence-corrected chi connectivity index (χ4v) is 1.55. The molecule has 0 spiro atoms. The second kappa shape index (κ2) is 4.09. The predicted octanol–water partition coefficient (Wildman–Crippen LogP) is 0.808. The zero-order chi connectivity index (χ0) is 10.7. The number of hydrogen-bond acceptors (Lipinski definition) is 6. The van der Waals surface area contributed by atoms with Crippen molar-refractivity contribution < 1.29 is 0 Å². The first kappa shape index (κ1) is 9.66. The van der Waals surface area contributed by atoms with E-state index in [0.29, 0.717) is 11.8 Å². The van der Waals surface area contributed by atoms with Crippen LogP contribution in [-0.2, 0) is 0 Å². The monoisotopic (exact) mass is 222 g/mol. The van der Waals surface area contributed by atoms with E-state index in [9.17, 15) is 0 Å². The summed E-state index contributed by atoms with van der Waals surface area (Å²) in [5, 5.41) is 13.6. The molecule has 0 aliphatic heterocycles. The molecule has 2 rings (SSSR count). The molecule has 0 aliphatic carbocycles. The SMILES string of the molecule is Cc1nnc(N/N=C\c2cccs2)n1N. The van der Waals surface area contributed by atoms with Crippen LogP contribution in [0, 0.1) is 6.92 Å². The van der Waals surface area contributed by atoms with Crippen LogP contribution in [0.4, 0.5) is 5.95 Å². The molecule has 78 valence electrons. The van der Waals surface area contributed by atoms with Crippen LogP contribution in [-0.4, -0.2) is 21.1 Å². The van der Waals surface area contributed by atoms with Crippen molar-refractivity contribution in [2.45, 2.75) is 6.92 Å². The van der Waals surface area contributed by atoms with E-state index in [1.807, 2.05) is 17.5 Å². The van der Waals surface area contributed by atoms with E-state index in [1.165, 1.54) is 4.68 Å². The van der Waals surface area contributed by atoms with Crippen LogP contribution in [0.5, 0.6) is 0 Å². The van der Waals surface area contributed by atoms with Crippen molar-refractivity contribution in [2.24, 2.45) is 5.10 Å². The first-order valence-electron chi connectivity index (χ1n) is 4.27. The lowest BCUT2D eigenvalue weighted by Crippen LogP contribution is -2.13. The zero-order valence-corrected chi connectivity index (χ0v) is 8.90. The van der Waals surface area contributed by atoms with Crippen molar-refractivity contribution in [2.75, 3.05) is 11.3 Å². The fraction of sp³-hybridized carbons (Fsp3) is 0.125. The van der Waals surface area contributed by atoms with Gasteiger partial charge >= 0.3 is 0 Å². The van der Waals surface area contributed by atoms with E-state index in [1.54, 1.807) is 24.5 Å². The lowest BCUT2D eigenvalue weighted by Gasteiger charge is -1.98. The average Bonchev–Trinajstić information content (AvgIpc) is 2.83. The topological polar surface area (TPSA) is 81.1 Å². The maximum Gasteiger partial charge on any atom is 0.263 e. The summed E-state index contributed by atoms with van der Waals surface area (Å²) >= 11 is 1.60. The molecule has 0 unspecified atom stereocenters. The number of nitrogens with one attached hydrogen (secondary N) is 1. The molecule has 0 fully saturated rings. The van der Waals surface area contributed by atoms with E-state index in [4.69, 9.17) is 5.84 Å². The van der Waals surface area contributed by atoms with Gasteiger partial charge in [-0.3, -0.25) is 0 Å². The first-order chi connectivity index (χ1) is 7.27. The van der Waals surface area contributed by atoms with Gasteiger partial charge in [0.25, 0.3) is 5.95 Å². The third-order valence-corrected chi connectivity index (χ3v) is 2.57. The van der Waals surface area contributed by atoms with Gasteiger partial charge in [0, 0.05) is 4.88 Å². The number of thiophene rings is 1. The number of nitrogens with two attached hydrogens (primary N) is 1. The first-order valence-corrected chi connectivity index (χ1v) is 5.15. The van der Waals surface area contributed by atoms with Crippen LogP contribution in [0.2, 0.25) is 0 Å². The van der Waals surface area contributed by atoms with E-state index in [-0.39, 0.29) is 0 Å². The minimum atomic E-state index is 0.417. The van der Waals surface area contributed by atoms with Gasteiger partial charge in [0.2, 0.25) is 0 Å². The summed E-state index contributed by atoms with van der Waals surface area (Å²) in [5.74, 6) is 6.67. The molecule has 7 heteroatoms. The maximum absolute atomic E-state index is 5.62. The molecule has 0 radical (unpaired) electrons. The molecule has 0 saturated carbocycles. The molecule has 15 heavy (non-hydrogen) atoms. The molecule has 0 amide bonds. The van der Waals surface area contributed by atoms with Crippen LogP contribution in [0.1, 0.15) is 10.7 Å². The number of nitrogen functional groups attached to an aromatic ring is 1. The lowest BCUT2D eigenvalue weighted by molar-refractivity contribution is 0.926. The van der Waals surface area contributed by atoms with Crippen molar-refractivity contribution in [1.82, 2.24) is 14.9 Å². The highest BCUT2D eigenvalue weighted by molar-refractivity contribution is 7.11. The summed E-state index contributed by atoms with van der Waals surface area (Å²) < 4.78 is 1.34. The normalized spacial score (nSPS) is 11.0. The Balaban J connectivity index is 2.02. The van der Waals surface area contributed by atoms with Crippen molar-refractivity contribution in [1.29, 1.82) is 0 Å². The molecule has 6 nitrogen and oxygen atoms in total. The van der Waals surface area contributed by atoms with E-state index >= 15 is 0 Å². The number of hydrogen-bond donors (Lipinski definition) is 2. The molecule has 3 N–H and O–H groups in total. The minimum Gasteiger partial charge on any atom is -0.335 e. The van der Waals surface area contributed by atoms with Crippen molar-refractivity contribution >= 4 is 23.5 Å². The van der Waals surface area contributed by atoms with E-state index in [0.717, 1.165) is 4.88 Å². The van der Waals surface area contributed by atoms with Gasteiger partial charge in [0.15, 0.2) is 5.82 Å². The summed E-state index contributed by atoms with van der Waals surface area (Å²) in [4.78, 5) is 1.06. The minimum absolute atomic E-state index is 0.417. The Labute approximate surface area is 90.4 Å². The third kappa shape index (κ3) is 2.13. The number of rotatable bonds is 3. The molecular formula is C8H10N6S. The highest BCUT2D eigenvalue weighted by Crippen LogP contribution is 2.05. The quantitative estimate of drug-likeness (QED) is 0.457. The molecule has 0 atom stereocenters. The van der Waals surface area contributed by atoms with Crippen LogP contribution in [0.25, 0.3) is 0 Å². The third-order valence-electron chi connectivity index (χ3n) is 1.77. The zero-order valence-electron chi connectivity index (χ0n) is 8.08. The second-order valence-corrected chi connectivity index (χ2v) is 3.81. The molecule has 2 aromatic rings. The fourth-order valence-electron chi connectivity index (χ4n) is 0.964. The van der Waals surface area contributed by atoms with E-state index < -0.39 is 0 Å². The van der Waals surface area contributed by atoms with Gasteiger partial charge in [-0.05, 0) is 18.4 Å². The summed E-state index contributed by atoms with van der Waals surface area (Å²) in [7, 11) is 0. The summed E-state index contributed by atoms with van der Waals surface area (Å²) in [5.41, 5.74) is 2.71. The number of aromatic nitrogens is 3. The molecule has 0 aromatic carbocycles. The van der Waals surface area contributed by atoms with Crippen molar-refractivity contribution in [3.8, 4) is 0 Å². The van der Waals surface area contributed by atoms with Gasteiger partial charge in [-0.1, -0.05) is 6.07 Å². The van der Waals surface area contributed by atoms with Crippen LogP contribution in [0.15, 0.2) is 22.6 Å². The Morgan fingerprint density at radius 3 is 3.07 bits per heavy atom. The van der Waals surface area contributed by atoms with Gasteiger partial charge in [-0.2, -0.15) is 5.10 Å². The highest BCUT2D eigenvalue weighted by Gasteiger charge is 2.02. The van der Waals surface area contributed by atoms with Gasteiger partial charge < -0.3 is 5.84 Å². The van der Waals surface area contributed by atoms with Gasteiger partial charge in [0.1, 0.15) is 0 Å². The lowest BCUT2D eigenvalue weighted by atomic mass is 10.5.